The van der Waals surface area contributed by atoms with E-state index in [0.717, 1.165) is 13.1 Å². The van der Waals surface area contributed by atoms with Gasteiger partial charge in [-0.05, 0) is 13.8 Å². The van der Waals surface area contributed by atoms with Crippen LogP contribution in [-0.4, -0.2) is 23.8 Å². The number of nitrogens with zero attached hydrogens (tertiary/aromatic N) is 1. The normalized spacial score (nSPS) is 42.5. The second-order valence-corrected chi connectivity index (χ2v) is 3.17. The van der Waals surface area contributed by atoms with Gasteiger partial charge < -0.3 is 0 Å². The van der Waals surface area contributed by atoms with Gasteiger partial charge in [-0.1, -0.05) is 0 Å². The van der Waals surface area contributed by atoms with Crippen LogP contribution in [0.4, 0.5) is 13.2 Å². The molecule has 0 amide bonds. The van der Waals surface area contributed by atoms with E-state index in [1.807, 2.05) is 0 Å². The highest BCUT2D eigenvalue weighted by molar-refractivity contribution is 5.69. The monoisotopic (exact) mass is 165 g/mol. The lowest BCUT2D eigenvalue weighted by Gasteiger charge is -2.30. The van der Waals surface area contributed by atoms with Gasteiger partial charge in [0.05, 0.1) is 6.42 Å². The Balaban J connectivity index is 2.85. The maximum absolute atomic E-state index is 12.9. The van der Waals surface area contributed by atoms with Gasteiger partial charge in [0, 0.05) is 6.21 Å². The molecule has 0 bridgehead atoms. The van der Waals surface area contributed by atoms with Gasteiger partial charge in [0.25, 0.3) is 5.92 Å². The average molecular weight is 165 g/mol. The fraction of sp³-hybridized carbons (Fsp3) is 0.857. The summed E-state index contributed by atoms with van der Waals surface area (Å²) in [5.74, 6) is -3.00. The van der Waals surface area contributed by atoms with Gasteiger partial charge >= 0.3 is 0 Å². The summed E-state index contributed by atoms with van der Waals surface area (Å²) in [7, 11) is 0. The lowest BCUT2D eigenvalue weighted by Crippen LogP contribution is -2.42. The fourth-order valence-corrected chi connectivity index (χ4v) is 1.03. The van der Waals surface area contributed by atoms with Crippen molar-refractivity contribution in [1.82, 2.24) is 0 Å². The molecule has 0 saturated carbocycles. The average Bonchev–Trinajstić information content (AvgIpc) is 1.77. The second-order valence-electron chi connectivity index (χ2n) is 3.17. The third-order valence-corrected chi connectivity index (χ3v) is 1.76. The Kier molecular flexibility index (Phi) is 1.73. The smallest absolute Gasteiger partial charge is 0.273 e. The number of halogens is 3. The molecule has 1 rings (SSSR count). The highest BCUT2D eigenvalue weighted by atomic mass is 19.3. The van der Waals surface area contributed by atoms with Crippen LogP contribution in [0.25, 0.3) is 0 Å². The van der Waals surface area contributed by atoms with E-state index >= 15 is 0 Å². The largest absolute Gasteiger partial charge is 0.285 e. The number of alkyl halides is 3. The van der Waals surface area contributed by atoms with Crippen LogP contribution in [0.3, 0.4) is 0 Å². The Morgan fingerprint density at radius 3 is 2.36 bits per heavy atom. The molecule has 1 aliphatic heterocycles. The second kappa shape index (κ2) is 2.22. The summed E-state index contributed by atoms with van der Waals surface area (Å²) in [6, 6.07) is -1.09. The molecule has 0 spiro atoms. The first kappa shape index (κ1) is 8.56. The maximum atomic E-state index is 12.9. The van der Waals surface area contributed by atoms with Gasteiger partial charge in [0.1, 0.15) is 11.7 Å². The number of aliphatic imine (C=N–C) groups is 1. The topological polar surface area (TPSA) is 12.4 Å². The van der Waals surface area contributed by atoms with Crippen molar-refractivity contribution < 1.29 is 13.2 Å². The van der Waals surface area contributed by atoms with E-state index < -0.39 is 24.1 Å². The van der Waals surface area contributed by atoms with Crippen molar-refractivity contribution in [3.8, 4) is 0 Å². The number of hydrogen-bond acceptors (Lipinski definition) is 1. The summed E-state index contributed by atoms with van der Waals surface area (Å²) in [6.45, 7) is 2.39. The van der Waals surface area contributed by atoms with E-state index in [-0.39, 0.29) is 0 Å². The lowest BCUT2D eigenvalue weighted by molar-refractivity contribution is -0.0588. The highest BCUT2D eigenvalue weighted by Crippen LogP contribution is 2.35. The fourth-order valence-electron chi connectivity index (χ4n) is 1.03. The first-order chi connectivity index (χ1) is 4.83. The number of hydrogen-bond donors (Lipinski definition) is 0. The summed E-state index contributed by atoms with van der Waals surface area (Å²) >= 11 is 0. The standard InChI is InChI=1S/C7H10F3N/c1-5-7(9,10)3-6(2,8)4-11-5/h4-5H,3H2,1-2H3. The highest BCUT2D eigenvalue weighted by Gasteiger charge is 2.46. The van der Waals surface area contributed by atoms with Crippen molar-refractivity contribution in [3.05, 3.63) is 0 Å². The Labute approximate surface area is 63.3 Å². The summed E-state index contributed by atoms with van der Waals surface area (Å²) in [5.41, 5.74) is -1.95. The van der Waals surface area contributed by atoms with Crippen molar-refractivity contribution >= 4 is 6.21 Å². The van der Waals surface area contributed by atoms with Gasteiger partial charge in [-0.15, -0.1) is 0 Å². The Morgan fingerprint density at radius 1 is 1.45 bits per heavy atom. The van der Waals surface area contributed by atoms with E-state index in [1.54, 1.807) is 0 Å². The minimum atomic E-state index is -3.00. The van der Waals surface area contributed by atoms with Gasteiger partial charge in [0.2, 0.25) is 0 Å². The summed E-state index contributed by atoms with van der Waals surface area (Å²) in [4.78, 5) is 3.39. The molecule has 0 aliphatic carbocycles. The first-order valence-electron chi connectivity index (χ1n) is 3.45. The molecule has 1 aliphatic rings. The molecule has 0 aromatic carbocycles. The van der Waals surface area contributed by atoms with Crippen LogP contribution in [0.15, 0.2) is 4.99 Å². The van der Waals surface area contributed by atoms with E-state index in [0.29, 0.717) is 0 Å². The zero-order valence-corrected chi connectivity index (χ0v) is 6.44. The molecule has 2 atom stereocenters. The minimum absolute atomic E-state index is 0.759. The lowest BCUT2D eigenvalue weighted by atomic mass is 9.94. The quantitative estimate of drug-likeness (QED) is 0.521. The molecule has 0 aromatic rings. The minimum Gasteiger partial charge on any atom is -0.285 e. The van der Waals surface area contributed by atoms with E-state index in [9.17, 15) is 13.2 Å². The van der Waals surface area contributed by atoms with Crippen LogP contribution in [0.5, 0.6) is 0 Å². The number of rotatable bonds is 0. The van der Waals surface area contributed by atoms with Crippen LogP contribution in [0.1, 0.15) is 20.3 Å². The molecule has 0 fully saturated rings. The van der Waals surface area contributed by atoms with Gasteiger partial charge in [-0.2, -0.15) is 0 Å². The van der Waals surface area contributed by atoms with Crippen LogP contribution in [-0.2, 0) is 0 Å². The zero-order valence-electron chi connectivity index (χ0n) is 6.44. The van der Waals surface area contributed by atoms with Crippen molar-refractivity contribution in [2.24, 2.45) is 4.99 Å². The molecule has 1 heterocycles. The third-order valence-electron chi connectivity index (χ3n) is 1.76. The molecule has 1 nitrogen and oxygen atoms in total. The van der Waals surface area contributed by atoms with Crippen molar-refractivity contribution in [2.75, 3.05) is 0 Å². The van der Waals surface area contributed by atoms with E-state index in [1.165, 1.54) is 6.92 Å². The summed E-state index contributed by atoms with van der Waals surface area (Å²) in [5, 5.41) is 0. The third kappa shape index (κ3) is 1.73. The summed E-state index contributed by atoms with van der Waals surface area (Å²) < 4.78 is 38.4. The molecule has 0 saturated heterocycles. The Hall–Kier alpha value is -0.540. The molecular weight excluding hydrogens is 155 g/mol. The van der Waals surface area contributed by atoms with Crippen LogP contribution >= 0.6 is 0 Å². The predicted molar refractivity (Wildman–Crippen MR) is 37.0 cm³/mol. The van der Waals surface area contributed by atoms with Crippen molar-refractivity contribution in [3.63, 3.8) is 0 Å². The predicted octanol–water partition coefficient (Wildman–Crippen LogP) is 2.21. The van der Waals surface area contributed by atoms with E-state index in [2.05, 4.69) is 4.99 Å². The maximum Gasteiger partial charge on any atom is 0.273 e. The van der Waals surface area contributed by atoms with Gasteiger partial charge in [0.15, 0.2) is 0 Å². The van der Waals surface area contributed by atoms with Gasteiger partial charge in [-0.25, -0.2) is 13.2 Å². The SMILES string of the molecule is CC1N=CC(C)(F)CC1(F)F. The van der Waals surface area contributed by atoms with E-state index in [4.69, 9.17) is 0 Å². The molecule has 11 heavy (non-hydrogen) atoms. The zero-order chi connectivity index (χ0) is 8.70. The van der Waals surface area contributed by atoms with Crippen LogP contribution in [0.2, 0.25) is 0 Å². The molecular formula is C7H10F3N. The summed E-state index contributed by atoms with van der Waals surface area (Å²) in [6.07, 6.45) is 0.208. The van der Waals surface area contributed by atoms with Crippen LogP contribution < -0.4 is 0 Å². The molecule has 0 radical (unpaired) electrons. The molecule has 0 N–H and O–H groups in total. The van der Waals surface area contributed by atoms with Crippen molar-refractivity contribution in [2.45, 2.75) is 37.9 Å². The molecule has 64 valence electrons. The first-order valence-corrected chi connectivity index (χ1v) is 3.45. The molecule has 2 unspecified atom stereocenters. The Morgan fingerprint density at radius 2 is 2.00 bits per heavy atom. The van der Waals surface area contributed by atoms with Crippen molar-refractivity contribution in [1.29, 1.82) is 0 Å². The van der Waals surface area contributed by atoms with Crippen LogP contribution in [0, 0.1) is 0 Å². The van der Waals surface area contributed by atoms with Gasteiger partial charge in [-0.3, -0.25) is 4.99 Å². The molecule has 0 aromatic heterocycles. The Bertz CT molecular complexity index is 186. The molecule has 4 heteroatoms.